The highest BCUT2D eigenvalue weighted by Crippen LogP contribution is 2.19. The van der Waals surface area contributed by atoms with Crippen LogP contribution >= 0.6 is 0 Å². The van der Waals surface area contributed by atoms with Gasteiger partial charge in [0.15, 0.2) is 5.69 Å². The molecule has 0 unspecified atom stereocenters. The van der Waals surface area contributed by atoms with Crippen molar-refractivity contribution in [3.8, 4) is 0 Å². The number of carbonyl (C=O) groups excluding carboxylic acids is 1. The molecule has 6 nitrogen and oxygen atoms in total. The number of anilines is 2. The number of nitrogens with one attached hydrogen (secondary N) is 1. The number of amides is 1. The molecule has 0 radical (unpaired) electrons. The van der Waals surface area contributed by atoms with Crippen molar-refractivity contribution in [2.75, 3.05) is 17.2 Å². The van der Waals surface area contributed by atoms with Crippen LogP contribution in [-0.4, -0.2) is 27.9 Å². The number of benzene rings is 1. The summed E-state index contributed by atoms with van der Waals surface area (Å²) in [5, 5.41) is 9.90. The second kappa shape index (κ2) is 5.31. The van der Waals surface area contributed by atoms with E-state index in [1.807, 2.05) is 19.1 Å². The quantitative estimate of drug-likeness (QED) is 0.798. The number of hydrogen-bond donors (Lipinski definition) is 2. The van der Waals surface area contributed by atoms with Crippen LogP contribution in [0.2, 0.25) is 0 Å². The Hall–Kier alpha value is -2.37. The molecule has 0 aliphatic rings. The Balaban J connectivity index is 2.31. The lowest BCUT2D eigenvalue weighted by molar-refractivity contribution is 0.0982. The first-order valence-electron chi connectivity index (χ1n) is 5.75. The van der Waals surface area contributed by atoms with Crippen LogP contribution in [0.4, 0.5) is 11.4 Å². The third kappa shape index (κ3) is 2.48. The lowest BCUT2D eigenvalue weighted by atomic mass is 10.2. The molecule has 94 valence electrons. The summed E-state index contributed by atoms with van der Waals surface area (Å²) in [5.74, 6) is -0.184. The van der Waals surface area contributed by atoms with E-state index in [1.54, 1.807) is 17.0 Å². The Morgan fingerprint density at radius 3 is 2.94 bits per heavy atom. The third-order valence-electron chi connectivity index (χ3n) is 2.51. The van der Waals surface area contributed by atoms with Gasteiger partial charge in [0.1, 0.15) is 0 Å². The molecular weight excluding hydrogens is 230 g/mol. The van der Waals surface area contributed by atoms with Gasteiger partial charge in [0.25, 0.3) is 5.91 Å². The predicted octanol–water partition coefficient (Wildman–Crippen LogP) is 1.44. The second-order valence-corrected chi connectivity index (χ2v) is 3.91. The summed E-state index contributed by atoms with van der Waals surface area (Å²) < 4.78 is 0. The van der Waals surface area contributed by atoms with Crippen LogP contribution in [-0.2, 0) is 0 Å². The maximum Gasteiger partial charge on any atom is 0.280 e. The third-order valence-corrected chi connectivity index (χ3v) is 2.51. The van der Waals surface area contributed by atoms with E-state index in [0.717, 1.165) is 12.1 Å². The van der Waals surface area contributed by atoms with Crippen LogP contribution in [0.25, 0.3) is 0 Å². The van der Waals surface area contributed by atoms with Gasteiger partial charge in [-0.2, -0.15) is 15.4 Å². The molecule has 6 heteroatoms. The van der Waals surface area contributed by atoms with Crippen LogP contribution in [0.5, 0.6) is 0 Å². The fraction of sp³-hybridized carbons (Fsp3) is 0.250. The Bertz CT molecular complexity index is 523. The maximum absolute atomic E-state index is 12.3. The summed E-state index contributed by atoms with van der Waals surface area (Å²) in [6.45, 7) is 2.62. The van der Waals surface area contributed by atoms with Gasteiger partial charge in [0.2, 0.25) is 0 Å². The van der Waals surface area contributed by atoms with Crippen molar-refractivity contribution in [1.82, 2.24) is 15.4 Å². The van der Waals surface area contributed by atoms with E-state index in [1.165, 1.54) is 6.20 Å². The molecule has 0 saturated heterocycles. The van der Waals surface area contributed by atoms with Crippen molar-refractivity contribution >= 4 is 17.3 Å². The van der Waals surface area contributed by atoms with Gasteiger partial charge >= 0.3 is 0 Å². The average molecular weight is 245 g/mol. The molecule has 1 amide bonds. The molecule has 2 rings (SSSR count). The van der Waals surface area contributed by atoms with Gasteiger partial charge in [-0.1, -0.05) is 13.0 Å². The normalized spacial score (nSPS) is 10.3. The number of nitrogens with zero attached hydrogens (tertiary/aromatic N) is 3. The molecule has 3 N–H and O–H groups in total. The van der Waals surface area contributed by atoms with Gasteiger partial charge in [-0.05, 0) is 24.6 Å². The van der Waals surface area contributed by atoms with Crippen LogP contribution in [0, 0.1) is 0 Å². The second-order valence-electron chi connectivity index (χ2n) is 3.91. The van der Waals surface area contributed by atoms with Crippen molar-refractivity contribution in [2.24, 2.45) is 0 Å². The highest BCUT2D eigenvalue weighted by atomic mass is 16.2. The van der Waals surface area contributed by atoms with Crippen LogP contribution < -0.4 is 10.6 Å². The van der Waals surface area contributed by atoms with Crippen molar-refractivity contribution in [3.63, 3.8) is 0 Å². The summed E-state index contributed by atoms with van der Waals surface area (Å²) in [7, 11) is 0. The Morgan fingerprint density at radius 2 is 2.33 bits per heavy atom. The molecule has 0 aliphatic heterocycles. The molecule has 18 heavy (non-hydrogen) atoms. The lowest BCUT2D eigenvalue weighted by Crippen LogP contribution is -2.32. The number of H-pyrrole nitrogens is 1. The topological polar surface area (TPSA) is 87.9 Å². The minimum atomic E-state index is -0.184. The summed E-state index contributed by atoms with van der Waals surface area (Å²) in [6, 6.07) is 7.23. The predicted molar refractivity (Wildman–Crippen MR) is 69.2 cm³/mol. The van der Waals surface area contributed by atoms with Gasteiger partial charge in [-0.3, -0.25) is 4.79 Å². The number of nitrogens with two attached hydrogens (primary N) is 1. The van der Waals surface area contributed by atoms with E-state index in [0.29, 0.717) is 17.9 Å². The van der Waals surface area contributed by atoms with Gasteiger partial charge in [0.05, 0.1) is 6.20 Å². The molecule has 1 aromatic heterocycles. The van der Waals surface area contributed by atoms with E-state index in [4.69, 9.17) is 5.73 Å². The van der Waals surface area contributed by atoms with Crippen LogP contribution in [0.1, 0.15) is 23.8 Å². The summed E-state index contributed by atoms with van der Waals surface area (Å²) >= 11 is 0. The van der Waals surface area contributed by atoms with E-state index < -0.39 is 0 Å². The van der Waals surface area contributed by atoms with Gasteiger partial charge in [-0.25, -0.2) is 0 Å². The Labute approximate surface area is 105 Å². The van der Waals surface area contributed by atoms with Crippen LogP contribution in [0.3, 0.4) is 0 Å². The SMILES string of the molecule is CCCN(C(=O)c1cn[nH]n1)c1cccc(N)c1. The molecule has 0 bridgehead atoms. The zero-order valence-electron chi connectivity index (χ0n) is 10.1. The molecule has 0 atom stereocenters. The number of hydrogen-bond acceptors (Lipinski definition) is 4. The standard InChI is InChI=1S/C12H15N5O/c1-2-6-17(10-5-3-4-9(13)7-10)12(18)11-8-14-16-15-11/h3-5,7-8H,2,6,13H2,1H3,(H,14,15,16). The molecule has 2 aromatic rings. The largest absolute Gasteiger partial charge is 0.399 e. The van der Waals surface area contributed by atoms with Crippen molar-refractivity contribution < 1.29 is 4.79 Å². The van der Waals surface area contributed by atoms with Gasteiger partial charge < -0.3 is 10.6 Å². The molecule has 0 saturated carbocycles. The van der Waals surface area contributed by atoms with E-state index in [-0.39, 0.29) is 5.91 Å². The van der Waals surface area contributed by atoms with E-state index in [2.05, 4.69) is 15.4 Å². The van der Waals surface area contributed by atoms with Crippen molar-refractivity contribution in [2.45, 2.75) is 13.3 Å². The van der Waals surface area contributed by atoms with E-state index >= 15 is 0 Å². The summed E-state index contributed by atoms with van der Waals surface area (Å²) in [6.07, 6.45) is 2.26. The summed E-state index contributed by atoms with van der Waals surface area (Å²) in [5.41, 5.74) is 7.43. The number of nitrogen functional groups attached to an aromatic ring is 1. The average Bonchev–Trinajstić information content (AvgIpc) is 2.89. The fourth-order valence-corrected chi connectivity index (χ4v) is 1.71. The Morgan fingerprint density at radius 1 is 1.50 bits per heavy atom. The van der Waals surface area contributed by atoms with Gasteiger partial charge in [-0.15, -0.1) is 0 Å². The zero-order chi connectivity index (χ0) is 13.0. The monoisotopic (exact) mass is 245 g/mol. The van der Waals surface area contributed by atoms with Crippen molar-refractivity contribution in [3.05, 3.63) is 36.2 Å². The smallest absolute Gasteiger partial charge is 0.280 e. The maximum atomic E-state index is 12.3. The number of carbonyl (C=O) groups is 1. The first-order chi connectivity index (χ1) is 8.72. The molecule has 0 aliphatic carbocycles. The minimum absolute atomic E-state index is 0.184. The molecule has 1 aromatic carbocycles. The first-order valence-corrected chi connectivity index (χ1v) is 5.75. The lowest BCUT2D eigenvalue weighted by Gasteiger charge is -2.21. The van der Waals surface area contributed by atoms with Gasteiger partial charge in [0, 0.05) is 17.9 Å². The Kier molecular flexibility index (Phi) is 3.57. The molecular formula is C12H15N5O. The number of aromatic amines is 1. The zero-order valence-corrected chi connectivity index (χ0v) is 10.1. The number of aromatic nitrogens is 3. The summed E-state index contributed by atoms with van der Waals surface area (Å²) in [4.78, 5) is 13.9. The van der Waals surface area contributed by atoms with E-state index in [9.17, 15) is 4.79 Å². The van der Waals surface area contributed by atoms with Crippen molar-refractivity contribution in [1.29, 1.82) is 0 Å². The molecule has 0 fully saturated rings. The molecule has 1 heterocycles. The number of rotatable bonds is 4. The first kappa shape index (κ1) is 12.1. The molecule has 0 spiro atoms. The van der Waals surface area contributed by atoms with Crippen LogP contribution in [0.15, 0.2) is 30.5 Å². The minimum Gasteiger partial charge on any atom is -0.399 e. The highest BCUT2D eigenvalue weighted by molar-refractivity contribution is 6.04. The fourth-order valence-electron chi connectivity index (χ4n) is 1.71. The highest BCUT2D eigenvalue weighted by Gasteiger charge is 2.19.